The fourth-order valence-electron chi connectivity index (χ4n) is 3.74. The van der Waals surface area contributed by atoms with Gasteiger partial charge in [-0.05, 0) is 39.7 Å². The van der Waals surface area contributed by atoms with Crippen LogP contribution in [0.25, 0.3) is 0 Å². The number of anilines is 1. The molecule has 22 heavy (non-hydrogen) atoms. The first-order valence-electron chi connectivity index (χ1n) is 8.74. The highest BCUT2D eigenvalue weighted by molar-refractivity contribution is 5.93. The molecule has 122 valence electrons. The Hall–Kier alpha value is -1.36. The molecule has 1 atom stereocenters. The molecule has 0 spiro atoms. The fraction of sp³-hybridized carbons (Fsp3) is 0.765. The third-order valence-electron chi connectivity index (χ3n) is 5.36. The zero-order valence-corrected chi connectivity index (χ0v) is 13.8. The van der Waals surface area contributed by atoms with Crippen LogP contribution in [0, 0.1) is 0 Å². The molecule has 0 saturated heterocycles. The van der Waals surface area contributed by atoms with Crippen molar-refractivity contribution in [3.05, 3.63) is 12.0 Å². The molecule has 1 saturated carbocycles. The van der Waals surface area contributed by atoms with Gasteiger partial charge in [0.15, 0.2) is 0 Å². The number of imidazole rings is 1. The van der Waals surface area contributed by atoms with Crippen LogP contribution in [0.3, 0.4) is 0 Å². The third kappa shape index (κ3) is 3.19. The summed E-state index contributed by atoms with van der Waals surface area (Å²) in [5, 5.41) is 3.09. The van der Waals surface area contributed by atoms with Crippen LogP contribution in [0.5, 0.6) is 0 Å². The summed E-state index contributed by atoms with van der Waals surface area (Å²) in [5.74, 6) is 2.06. The van der Waals surface area contributed by atoms with Crippen molar-refractivity contribution in [1.82, 2.24) is 14.5 Å². The Balaban J connectivity index is 1.62. The first kappa shape index (κ1) is 15.5. The number of carbonyl (C=O) groups excluding carboxylic acids is 1. The monoisotopic (exact) mass is 304 g/mol. The topological polar surface area (TPSA) is 50.2 Å². The summed E-state index contributed by atoms with van der Waals surface area (Å²) >= 11 is 0. The number of hydrogen-bond acceptors (Lipinski definition) is 3. The molecule has 2 heterocycles. The highest BCUT2D eigenvalue weighted by Crippen LogP contribution is 2.24. The summed E-state index contributed by atoms with van der Waals surface area (Å²) in [6.07, 6.45) is 11.6. The Morgan fingerprint density at radius 3 is 2.86 bits per heavy atom. The summed E-state index contributed by atoms with van der Waals surface area (Å²) < 4.78 is 2.16. The van der Waals surface area contributed by atoms with Gasteiger partial charge in [0.05, 0.1) is 12.2 Å². The van der Waals surface area contributed by atoms with Crippen molar-refractivity contribution in [2.45, 2.75) is 76.9 Å². The minimum absolute atomic E-state index is 0.0846. The van der Waals surface area contributed by atoms with Gasteiger partial charge in [-0.3, -0.25) is 9.69 Å². The molecular formula is C17H28N4O. The number of likely N-dealkylation sites (N-methyl/N-ethyl adjacent to an activating group) is 1. The normalized spacial score (nSPS) is 20.7. The molecule has 0 unspecified atom stereocenters. The van der Waals surface area contributed by atoms with Crippen molar-refractivity contribution in [1.29, 1.82) is 0 Å². The molecule has 1 aliphatic heterocycles. The number of rotatable bonds is 4. The van der Waals surface area contributed by atoms with E-state index >= 15 is 0 Å². The van der Waals surface area contributed by atoms with Crippen molar-refractivity contribution in [3.8, 4) is 0 Å². The average molecular weight is 304 g/mol. The van der Waals surface area contributed by atoms with Crippen molar-refractivity contribution in [2.24, 2.45) is 0 Å². The molecule has 1 amide bonds. The maximum absolute atomic E-state index is 12.6. The van der Waals surface area contributed by atoms with E-state index in [1.54, 1.807) is 0 Å². The van der Waals surface area contributed by atoms with E-state index < -0.39 is 0 Å². The summed E-state index contributed by atoms with van der Waals surface area (Å²) in [6.45, 7) is 2.98. The van der Waals surface area contributed by atoms with Crippen LogP contribution < -0.4 is 5.32 Å². The smallest absolute Gasteiger partial charge is 0.242 e. The zero-order valence-electron chi connectivity index (χ0n) is 13.8. The highest BCUT2D eigenvalue weighted by Gasteiger charge is 2.27. The molecule has 2 aliphatic rings. The van der Waals surface area contributed by atoms with Gasteiger partial charge in [-0.2, -0.15) is 0 Å². The van der Waals surface area contributed by atoms with Gasteiger partial charge in [-0.15, -0.1) is 0 Å². The summed E-state index contributed by atoms with van der Waals surface area (Å²) in [4.78, 5) is 19.3. The van der Waals surface area contributed by atoms with Gasteiger partial charge in [-0.1, -0.05) is 19.3 Å². The van der Waals surface area contributed by atoms with E-state index in [2.05, 4.69) is 26.8 Å². The van der Waals surface area contributed by atoms with Gasteiger partial charge < -0.3 is 9.88 Å². The number of hydrogen-bond donors (Lipinski definition) is 1. The number of fused-ring (bicyclic) bond motifs is 1. The molecule has 1 aromatic heterocycles. The molecule has 3 rings (SSSR count). The van der Waals surface area contributed by atoms with Crippen LogP contribution in [-0.2, 0) is 17.8 Å². The minimum Gasteiger partial charge on any atom is -0.315 e. The molecule has 1 aliphatic carbocycles. The van der Waals surface area contributed by atoms with E-state index in [0.717, 1.165) is 24.6 Å². The molecule has 0 bridgehead atoms. The number of carbonyl (C=O) groups is 1. The predicted octanol–water partition coefficient (Wildman–Crippen LogP) is 2.81. The molecule has 0 aromatic carbocycles. The van der Waals surface area contributed by atoms with E-state index in [1.165, 1.54) is 44.9 Å². The Morgan fingerprint density at radius 1 is 1.32 bits per heavy atom. The van der Waals surface area contributed by atoms with E-state index in [0.29, 0.717) is 6.04 Å². The number of aromatic nitrogens is 2. The van der Waals surface area contributed by atoms with Crippen molar-refractivity contribution in [2.75, 3.05) is 12.4 Å². The van der Waals surface area contributed by atoms with Gasteiger partial charge in [0.25, 0.3) is 0 Å². The van der Waals surface area contributed by atoms with Crippen molar-refractivity contribution < 1.29 is 4.79 Å². The average Bonchev–Trinajstić information content (AvgIpc) is 2.97. The highest BCUT2D eigenvalue weighted by atomic mass is 16.2. The molecule has 1 N–H and O–H groups in total. The van der Waals surface area contributed by atoms with Gasteiger partial charge >= 0.3 is 0 Å². The van der Waals surface area contributed by atoms with Crippen LogP contribution in [0.4, 0.5) is 5.82 Å². The van der Waals surface area contributed by atoms with Gasteiger partial charge in [0.2, 0.25) is 5.91 Å². The molecule has 1 fully saturated rings. The van der Waals surface area contributed by atoms with Gasteiger partial charge in [0, 0.05) is 19.0 Å². The fourth-order valence-corrected chi connectivity index (χ4v) is 3.74. The molecule has 5 heteroatoms. The number of nitrogens with one attached hydrogen (secondary N) is 1. The van der Waals surface area contributed by atoms with E-state index in [-0.39, 0.29) is 11.9 Å². The minimum atomic E-state index is -0.0992. The maximum atomic E-state index is 12.6. The molecule has 0 radical (unpaired) electrons. The van der Waals surface area contributed by atoms with Crippen molar-refractivity contribution in [3.63, 3.8) is 0 Å². The Morgan fingerprint density at radius 2 is 2.09 bits per heavy atom. The third-order valence-corrected chi connectivity index (χ3v) is 5.36. The first-order chi connectivity index (χ1) is 10.7. The summed E-state index contributed by atoms with van der Waals surface area (Å²) in [7, 11) is 2.09. The van der Waals surface area contributed by atoms with Crippen LogP contribution in [0.15, 0.2) is 6.20 Å². The van der Waals surface area contributed by atoms with Crippen molar-refractivity contribution >= 4 is 11.7 Å². The SMILES string of the molecule is C[C@@H](C(=O)Nc1cnc2n1CCCC2)N(C)C1CCCCC1. The van der Waals surface area contributed by atoms with Crippen LogP contribution in [0.1, 0.15) is 57.7 Å². The first-order valence-corrected chi connectivity index (χ1v) is 8.74. The number of nitrogens with zero attached hydrogens (tertiary/aromatic N) is 3. The second-order valence-electron chi connectivity index (χ2n) is 6.79. The summed E-state index contributed by atoms with van der Waals surface area (Å²) in [6, 6.07) is 0.451. The molecule has 5 nitrogen and oxygen atoms in total. The van der Waals surface area contributed by atoms with Crippen LogP contribution in [-0.4, -0.2) is 39.5 Å². The van der Waals surface area contributed by atoms with Gasteiger partial charge in [0.1, 0.15) is 11.6 Å². The Kier molecular flexibility index (Phi) is 4.81. The largest absolute Gasteiger partial charge is 0.315 e. The van der Waals surface area contributed by atoms with E-state index in [4.69, 9.17) is 0 Å². The predicted molar refractivity (Wildman–Crippen MR) is 87.9 cm³/mol. The van der Waals surface area contributed by atoms with Crippen LogP contribution >= 0.6 is 0 Å². The quantitative estimate of drug-likeness (QED) is 0.930. The summed E-state index contributed by atoms with van der Waals surface area (Å²) in [5.41, 5.74) is 0. The lowest BCUT2D eigenvalue weighted by Crippen LogP contribution is -2.46. The second kappa shape index (κ2) is 6.82. The lowest BCUT2D eigenvalue weighted by atomic mass is 9.93. The maximum Gasteiger partial charge on any atom is 0.242 e. The van der Waals surface area contributed by atoms with E-state index in [1.807, 2.05) is 13.1 Å². The Labute approximate surface area is 133 Å². The lowest BCUT2D eigenvalue weighted by Gasteiger charge is -2.34. The number of amides is 1. The zero-order chi connectivity index (χ0) is 15.5. The number of aryl methyl sites for hydroxylation is 1. The molecular weight excluding hydrogens is 276 g/mol. The van der Waals surface area contributed by atoms with Gasteiger partial charge in [-0.25, -0.2) is 4.98 Å². The van der Waals surface area contributed by atoms with E-state index in [9.17, 15) is 4.79 Å². The van der Waals surface area contributed by atoms with Crippen LogP contribution in [0.2, 0.25) is 0 Å². The standard InChI is InChI=1S/C17H28N4O/c1-13(20(2)14-8-4-3-5-9-14)17(22)19-16-12-18-15-10-6-7-11-21(15)16/h12-14H,3-11H2,1-2H3,(H,19,22)/t13-/m0/s1. The second-order valence-corrected chi connectivity index (χ2v) is 6.79. The lowest BCUT2D eigenvalue weighted by molar-refractivity contribution is -0.121. The Bertz CT molecular complexity index is 519. The molecule has 1 aromatic rings.